The molecule has 1 aromatic carbocycles. The summed E-state index contributed by atoms with van der Waals surface area (Å²) in [6.07, 6.45) is 0.138. The van der Waals surface area contributed by atoms with E-state index in [1.54, 1.807) is 41.8 Å². The lowest BCUT2D eigenvalue weighted by Crippen LogP contribution is -2.29. The van der Waals surface area contributed by atoms with E-state index < -0.39 is 5.92 Å². The van der Waals surface area contributed by atoms with E-state index >= 15 is 0 Å². The second-order valence-corrected chi connectivity index (χ2v) is 6.23. The van der Waals surface area contributed by atoms with Crippen LogP contribution in [0.2, 0.25) is 0 Å². The summed E-state index contributed by atoms with van der Waals surface area (Å²) in [5, 5.41) is 6.99. The van der Waals surface area contributed by atoms with Gasteiger partial charge in [-0.25, -0.2) is 4.68 Å². The minimum absolute atomic E-state index is 0.115. The maximum absolute atomic E-state index is 12.6. The van der Waals surface area contributed by atoms with Gasteiger partial charge in [-0.15, -0.1) is 0 Å². The van der Waals surface area contributed by atoms with Crippen molar-refractivity contribution in [2.24, 2.45) is 5.92 Å². The highest BCUT2D eigenvalue weighted by Gasteiger charge is 2.36. The van der Waals surface area contributed by atoms with Crippen LogP contribution < -0.4 is 19.7 Å². The Bertz CT molecular complexity index is 863. The van der Waals surface area contributed by atoms with Gasteiger partial charge in [-0.1, -0.05) is 0 Å². The van der Waals surface area contributed by atoms with Crippen molar-refractivity contribution in [3.05, 3.63) is 24.0 Å². The maximum atomic E-state index is 12.6. The van der Waals surface area contributed by atoms with E-state index in [2.05, 4.69) is 15.4 Å². The quantitative estimate of drug-likeness (QED) is 0.826. The molecule has 0 aliphatic carbocycles. The zero-order valence-electron chi connectivity index (χ0n) is 15.9. The normalized spacial score (nSPS) is 16.5. The van der Waals surface area contributed by atoms with Crippen molar-refractivity contribution in [1.82, 2.24) is 14.8 Å². The maximum Gasteiger partial charge on any atom is 0.232 e. The summed E-state index contributed by atoms with van der Waals surface area (Å²) in [6.45, 7) is 4.57. The zero-order chi connectivity index (χ0) is 19.6. The molecule has 2 aromatic rings. The molecular formula is C18H23N5O4. The fourth-order valence-corrected chi connectivity index (χ4v) is 3.11. The number of aryl methyl sites for hydroxylation is 2. The number of ether oxygens (including phenoxy) is 2. The summed E-state index contributed by atoms with van der Waals surface area (Å²) in [5.41, 5.74) is 0.667. The average molecular weight is 373 g/mol. The number of nitrogens with one attached hydrogen (secondary N) is 1. The zero-order valence-corrected chi connectivity index (χ0v) is 15.9. The first kappa shape index (κ1) is 18.7. The number of carbonyl (C=O) groups excluding carboxylic acids is 2. The van der Waals surface area contributed by atoms with Gasteiger partial charge in [0.15, 0.2) is 11.5 Å². The van der Waals surface area contributed by atoms with Gasteiger partial charge in [0.1, 0.15) is 5.82 Å². The van der Waals surface area contributed by atoms with Crippen LogP contribution in [-0.4, -0.2) is 47.3 Å². The molecule has 1 atom stereocenters. The lowest BCUT2D eigenvalue weighted by atomic mass is 10.1. The number of methoxy groups -OCH3 is 2. The predicted octanol–water partition coefficient (Wildman–Crippen LogP) is 1.62. The summed E-state index contributed by atoms with van der Waals surface area (Å²) < 4.78 is 12.1. The van der Waals surface area contributed by atoms with Crippen LogP contribution in [-0.2, 0) is 16.1 Å². The number of nitrogens with zero attached hydrogens (tertiary/aromatic N) is 4. The number of carbonyl (C=O) groups is 2. The second kappa shape index (κ2) is 7.65. The third kappa shape index (κ3) is 3.71. The first-order chi connectivity index (χ1) is 13.0. The molecule has 2 amide bonds. The molecule has 1 fully saturated rings. The van der Waals surface area contributed by atoms with Crippen molar-refractivity contribution >= 4 is 23.5 Å². The molecule has 0 saturated carbocycles. The van der Waals surface area contributed by atoms with E-state index in [4.69, 9.17) is 9.47 Å². The van der Waals surface area contributed by atoms with Crippen LogP contribution in [0.25, 0.3) is 0 Å². The minimum Gasteiger partial charge on any atom is -0.493 e. The second-order valence-electron chi connectivity index (χ2n) is 6.23. The van der Waals surface area contributed by atoms with Crippen LogP contribution in [0.15, 0.2) is 18.2 Å². The lowest BCUT2D eigenvalue weighted by molar-refractivity contribution is -0.122. The molecule has 1 aliphatic heterocycles. The van der Waals surface area contributed by atoms with Crippen molar-refractivity contribution in [1.29, 1.82) is 0 Å². The number of benzene rings is 1. The average Bonchev–Trinajstić information content (AvgIpc) is 3.23. The smallest absolute Gasteiger partial charge is 0.232 e. The van der Waals surface area contributed by atoms with Gasteiger partial charge in [-0.3, -0.25) is 14.9 Å². The Morgan fingerprint density at radius 3 is 2.70 bits per heavy atom. The molecule has 1 N–H and O–H groups in total. The van der Waals surface area contributed by atoms with E-state index in [0.29, 0.717) is 42.0 Å². The van der Waals surface area contributed by atoms with E-state index in [1.807, 2.05) is 6.92 Å². The molecule has 9 heteroatoms. The highest BCUT2D eigenvalue weighted by molar-refractivity contribution is 6.03. The predicted molar refractivity (Wildman–Crippen MR) is 99.1 cm³/mol. The van der Waals surface area contributed by atoms with Crippen LogP contribution in [0.4, 0.5) is 11.6 Å². The van der Waals surface area contributed by atoms with E-state index in [-0.39, 0.29) is 18.2 Å². The highest BCUT2D eigenvalue weighted by atomic mass is 16.5. The van der Waals surface area contributed by atoms with Crippen LogP contribution in [0.3, 0.4) is 0 Å². The largest absolute Gasteiger partial charge is 0.493 e. The third-order valence-electron chi connectivity index (χ3n) is 4.49. The molecule has 0 radical (unpaired) electrons. The summed E-state index contributed by atoms with van der Waals surface area (Å²) >= 11 is 0. The first-order valence-corrected chi connectivity index (χ1v) is 8.71. The monoisotopic (exact) mass is 373 g/mol. The molecule has 3 rings (SSSR count). The Labute approximate surface area is 157 Å². The van der Waals surface area contributed by atoms with Gasteiger partial charge in [-0.05, 0) is 26.0 Å². The van der Waals surface area contributed by atoms with Gasteiger partial charge in [0.05, 0.1) is 20.1 Å². The van der Waals surface area contributed by atoms with E-state index in [9.17, 15) is 9.59 Å². The van der Waals surface area contributed by atoms with E-state index in [1.165, 1.54) is 7.11 Å². The fraction of sp³-hybridized carbons (Fsp3) is 0.444. The molecule has 1 aliphatic rings. The van der Waals surface area contributed by atoms with Crippen LogP contribution in [0, 0.1) is 12.8 Å². The summed E-state index contributed by atoms with van der Waals surface area (Å²) in [5.74, 6) is 1.27. The number of amides is 2. The summed E-state index contributed by atoms with van der Waals surface area (Å²) in [4.78, 5) is 30.9. The van der Waals surface area contributed by atoms with Gasteiger partial charge in [0, 0.05) is 31.3 Å². The Hall–Kier alpha value is -3.10. The van der Waals surface area contributed by atoms with Crippen molar-refractivity contribution in [3.8, 4) is 11.5 Å². The molecule has 0 spiro atoms. The Balaban J connectivity index is 1.74. The number of rotatable bonds is 6. The fourth-order valence-electron chi connectivity index (χ4n) is 3.11. The standard InChI is InChI=1S/C18H23N5O4/c1-5-23-18(19-11(2)21-23)20-17(25)12-8-16(24)22(10-12)13-6-7-14(26-3)15(9-13)27-4/h6-7,9,12H,5,8,10H2,1-4H3,(H,19,20,21,25). The van der Waals surface area contributed by atoms with Crippen molar-refractivity contribution < 1.29 is 19.1 Å². The molecule has 1 aromatic heterocycles. The van der Waals surface area contributed by atoms with Crippen molar-refractivity contribution in [2.75, 3.05) is 31.0 Å². The SMILES string of the molecule is CCn1nc(C)nc1NC(=O)C1CC(=O)N(c2ccc(OC)c(OC)c2)C1. The Kier molecular flexibility index (Phi) is 5.29. The van der Waals surface area contributed by atoms with Crippen LogP contribution >= 0.6 is 0 Å². The van der Waals surface area contributed by atoms with Gasteiger partial charge in [0.2, 0.25) is 17.8 Å². The lowest BCUT2D eigenvalue weighted by Gasteiger charge is -2.18. The van der Waals surface area contributed by atoms with Crippen molar-refractivity contribution in [3.63, 3.8) is 0 Å². The number of aromatic nitrogens is 3. The molecule has 1 saturated heterocycles. The summed E-state index contributed by atoms with van der Waals surface area (Å²) in [7, 11) is 3.09. The summed E-state index contributed by atoms with van der Waals surface area (Å²) in [6, 6.07) is 5.24. The highest BCUT2D eigenvalue weighted by Crippen LogP contribution is 2.34. The van der Waals surface area contributed by atoms with Crippen LogP contribution in [0.1, 0.15) is 19.2 Å². The van der Waals surface area contributed by atoms with Crippen molar-refractivity contribution in [2.45, 2.75) is 26.8 Å². The Morgan fingerprint density at radius 1 is 1.30 bits per heavy atom. The molecule has 27 heavy (non-hydrogen) atoms. The number of hydrogen-bond acceptors (Lipinski definition) is 6. The molecule has 2 heterocycles. The van der Waals surface area contributed by atoms with Gasteiger partial charge >= 0.3 is 0 Å². The molecule has 1 unspecified atom stereocenters. The topological polar surface area (TPSA) is 98.6 Å². The van der Waals surface area contributed by atoms with Gasteiger partial charge < -0.3 is 14.4 Å². The van der Waals surface area contributed by atoms with Crippen LogP contribution in [0.5, 0.6) is 11.5 Å². The number of anilines is 2. The third-order valence-corrected chi connectivity index (χ3v) is 4.49. The van der Waals surface area contributed by atoms with Gasteiger partial charge in [-0.2, -0.15) is 10.1 Å². The Morgan fingerprint density at radius 2 is 2.04 bits per heavy atom. The molecule has 9 nitrogen and oxygen atoms in total. The molecule has 0 bridgehead atoms. The molecule has 144 valence electrons. The minimum atomic E-state index is -0.465. The first-order valence-electron chi connectivity index (χ1n) is 8.71. The van der Waals surface area contributed by atoms with Gasteiger partial charge in [0.25, 0.3) is 0 Å². The molecular weight excluding hydrogens is 350 g/mol. The van der Waals surface area contributed by atoms with E-state index in [0.717, 1.165) is 0 Å². The number of hydrogen-bond donors (Lipinski definition) is 1.